The van der Waals surface area contributed by atoms with Gasteiger partial charge in [-0.2, -0.15) is 4.31 Å². The zero-order valence-electron chi connectivity index (χ0n) is 16.4. The van der Waals surface area contributed by atoms with Gasteiger partial charge in [0.25, 0.3) is 0 Å². The Morgan fingerprint density at radius 2 is 1.76 bits per heavy atom. The van der Waals surface area contributed by atoms with Gasteiger partial charge in [-0.1, -0.05) is 29.3 Å². The van der Waals surface area contributed by atoms with E-state index in [1.54, 1.807) is 42.5 Å². The molecule has 1 fully saturated rings. The number of carbonyl (C=O) groups is 1. The van der Waals surface area contributed by atoms with Gasteiger partial charge in [-0.15, -0.1) is 0 Å². The summed E-state index contributed by atoms with van der Waals surface area (Å²) in [6.07, 6.45) is 0. The first kappa shape index (κ1) is 21.6. The van der Waals surface area contributed by atoms with E-state index in [0.717, 1.165) is 5.56 Å². The number of hydrogen-bond donors (Lipinski definition) is 1. The van der Waals surface area contributed by atoms with Crippen LogP contribution in [-0.2, 0) is 14.8 Å². The van der Waals surface area contributed by atoms with Crippen LogP contribution in [0.4, 0.5) is 5.69 Å². The fourth-order valence-electron chi connectivity index (χ4n) is 3.16. The van der Waals surface area contributed by atoms with Gasteiger partial charge in [-0.3, -0.25) is 9.69 Å². The van der Waals surface area contributed by atoms with E-state index < -0.39 is 10.0 Å². The highest BCUT2D eigenvalue weighted by atomic mass is 35.5. The standard InChI is InChI=1S/C20H24ClN3O4S/c1-15-3-6-17(7-4-15)29(26,27)24-11-9-23(10-12-24)14-20(25)22-18-13-16(21)5-8-19(18)28-2/h3-8,13H,9-12,14H2,1-2H3,(H,22,25). The van der Waals surface area contributed by atoms with Gasteiger partial charge in [0.15, 0.2) is 0 Å². The predicted octanol–water partition coefficient (Wildman–Crippen LogP) is 2.60. The number of ether oxygens (including phenoxy) is 1. The summed E-state index contributed by atoms with van der Waals surface area (Å²) in [6, 6.07) is 11.8. The van der Waals surface area contributed by atoms with Gasteiger partial charge in [-0.05, 0) is 37.3 Å². The maximum atomic E-state index is 12.8. The number of hydrogen-bond acceptors (Lipinski definition) is 5. The predicted molar refractivity (Wildman–Crippen MR) is 113 cm³/mol. The van der Waals surface area contributed by atoms with Crippen LogP contribution in [-0.4, -0.2) is 63.4 Å². The second-order valence-corrected chi connectivity index (χ2v) is 9.26. The van der Waals surface area contributed by atoms with Gasteiger partial charge in [0.05, 0.1) is 24.2 Å². The molecule has 3 rings (SSSR count). The first-order valence-corrected chi connectivity index (χ1v) is 11.0. The maximum absolute atomic E-state index is 12.8. The lowest BCUT2D eigenvalue weighted by atomic mass is 10.2. The third-order valence-corrected chi connectivity index (χ3v) is 6.94. The van der Waals surface area contributed by atoms with Crippen LogP contribution in [0.15, 0.2) is 47.4 Å². The molecule has 0 aromatic heterocycles. The number of benzene rings is 2. The highest BCUT2D eigenvalue weighted by Crippen LogP contribution is 2.27. The molecule has 2 aromatic rings. The molecule has 1 aliphatic rings. The summed E-state index contributed by atoms with van der Waals surface area (Å²) in [5, 5.41) is 3.30. The van der Waals surface area contributed by atoms with Gasteiger partial charge >= 0.3 is 0 Å². The third-order valence-electron chi connectivity index (χ3n) is 4.79. The summed E-state index contributed by atoms with van der Waals surface area (Å²) in [7, 11) is -2.00. The quantitative estimate of drug-likeness (QED) is 0.751. The molecular formula is C20H24ClN3O4S. The van der Waals surface area contributed by atoms with Crippen molar-refractivity contribution in [3.05, 3.63) is 53.1 Å². The molecule has 0 saturated carbocycles. The monoisotopic (exact) mass is 437 g/mol. The van der Waals surface area contributed by atoms with Crippen molar-refractivity contribution in [2.24, 2.45) is 0 Å². The number of rotatable bonds is 6. The van der Waals surface area contributed by atoms with Gasteiger partial charge in [0.1, 0.15) is 5.75 Å². The molecule has 1 N–H and O–H groups in total. The SMILES string of the molecule is COc1ccc(Cl)cc1NC(=O)CN1CCN(S(=O)(=O)c2ccc(C)cc2)CC1. The number of nitrogens with one attached hydrogen (secondary N) is 1. The lowest BCUT2D eigenvalue weighted by Gasteiger charge is -2.33. The smallest absolute Gasteiger partial charge is 0.243 e. The normalized spacial score (nSPS) is 15.8. The van der Waals surface area contributed by atoms with Crippen molar-refractivity contribution < 1.29 is 17.9 Å². The lowest BCUT2D eigenvalue weighted by molar-refractivity contribution is -0.117. The summed E-state index contributed by atoms with van der Waals surface area (Å²) < 4.78 is 32.2. The summed E-state index contributed by atoms with van der Waals surface area (Å²) in [4.78, 5) is 14.6. The molecule has 29 heavy (non-hydrogen) atoms. The zero-order chi connectivity index (χ0) is 21.0. The molecule has 1 aliphatic heterocycles. The molecule has 0 atom stereocenters. The largest absolute Gasteiger partial charge is 0.495 e. The fourth-order valence-corrected chi connectivity index (χ4v) is 4.75. The molecule has 2 aromatic carbocycles. The molecule has 0 radical (unpaired) electrons. The number of halogens is 1. The van der Waals surface area contributed by atoms with Crippen molar-refractivity contribution in [1.82, 2.24) is 9.21 Å². The number of aryl methyl sites for hydroxylation is 1. The first-order valence-electron chi connectivity index (χ1n) is 9.22. The third kappa shape index (κ3) is 5.27. The minimum absolute atomic E-state index is 0.161. The van der Waals surface area contributed by atoms with Crippen molar-refractivity contribution in [2.45, 2.75) is 11.8 Å². The van der Waals surface area contributed by atoms with Crippen LogP contribution in [0, 0.1) is 6.92 Å². The topological polar surface area (TPSA) is 79.0 Å². The molecule has 1 saturated heterocycles. The Morgan fingerprint density at radius 3 is 2.38 bits per heavy atom. The van der Waals surface area contributed by atoms with E-state index in [0.29, 0.717) is 47.5 Å². The van der Waals surface area contributed by atoms with Crippen molar-refractivity contribution >= 4 is 33.2 Å². The molecule has 0 bridgehead atoms. The highest BCUT2D eigenvalue weighted by molar-refractivity contribution is 7.89. The van der Waals surface area contributed by atoms with Crippen LogP contribution < -0.4 is 10.1 Å². The number of piperazine rings is 1. The van der Waals surface area contributed by atoms with E-state index in [1.807, 2.05) is 11.8 Å². The Balaban J connectivity index is 1.56. The lowest BCUT2D eigenvalue weighted by Crippen LogP contribution is -2.50. The van der Waals surface area contributed by atoms with Crippen LogP contribution in [0.5, 0.6) is 5.75 Å². The van der Waals surface area contributed by atoms with Gasteiger partial charge in [0, 0.05) is 31.2 Å². The van der Waals surface area contributed by atoms with Crippen LogP contribution in [0.3, 0.4) is 0 Å². The van der Waals surface area contributed by atoms with E-state index in [9.17, 15) is 13.2 Å². The average Bonchev–Trinajstić information content (AvgIpc) is 2.69. The molecule has 9 heteroatoms. The van der Waals surface area contributed by atoms with Crippen molar-refractivity contribution in [2.75, 3.05) is 45.2 Å². The Labute approximate surface area is 176 Å². The van der Waals surface area contributed by atoms with Crippen LogP contribution >= 0.6 is 11.6 Å². The highest BCUT2D eigenvalue weighted by Gasteiger charge is 2.29. The summed E-state index contributed by atoms with van der Waals surface area (Å²) in [6.45, 7) is 3.71. The van der Waals surface area contributed by atoms with E-state index in [4.69, 9.17) is 16.3 Å². The number of carbonyl (C=O) groups excluding carboxylic acids is 1. The van der Waals surface area contributed by atoms with Gasteiger partial charge < -0.3 is 10.1 Å². The fraction of sp³-hybridized carbons (Fsp3) is 0.350. The molecule has 0 unspecified atom stereocenters. The Morgan fingerprint density at radius 1 is 1.10 bits per heavy atom. The van der Waals surface area contributed by atoms with Crippen LogP contribution in [0.25, 0.3) is 0 Å². The maximum Gasteiger partial charge on any atom is 0.243 e. The van der Waals surface area contributed by atoms with Crippen molar-refractivity contribution in [3.63, 3.8) is 0 Å². The summed E-state index contributed by atoms with van der Waals surface area (Å²) in [5.74, 6) is 0.317. The van der Waals surface area contributed by atoms with Crippen molar-refractivity contribution in [1.29, 1.82) is 0 Å². The second-order valence-electron chi connectivity index (χ2n) is 6.89. The minimum Gasteiger partial charge on any atom is -0.495 e. The number of sulfonamides is 1. The van der Waals surface area contributed by atoms with E-state index in [1.165, 1.54) is 11.4 Å². The number of anilines is 1. The number of nitrogens with zero attached hydrogens (tertiary/aromatic N) is 2. The molecule has 0 spiro atoms. The van der Waals surface area contributed by atoms with Crippen molar-refractivity contribution in [3.8, 4) is 5.75 Å². The van der Waals surface area contributed by atoms with E-state index >= 15 is 0 Å². The van der Waals surface area contributed by atoms with Crippen LogP contribution in [0.1, 0.15) is 5.56 Å². The second kappa shape index (κ2) is 9.13. The average molecular weight is 438 g/mol. The molecule has 1 amide bonds. The summed E-state index contributed by atoms with van der Waals surface area (Å²) >= 11 is 5.99. The summed E-state index contributed by atoms with van der Waals surface area (Å²) in [5.41, 5.74) is 1.52. The number of methoxy groups -OCH3 is 1. The Kier molecular flexibility index (Phi) is 6.79. The van der Waals surface area contributed by atoms with E-state index in [-0.39, 0.29) is 12.5 Å². The molecular weight excluding hydrogens is 414 g/mol. The zero-order valence-corrected chi connectivity index (χ0v) is 18.0. The first-order chi connectivity index (χ1) is 13.8. The molecule has 0 aliphatic carbocycles. The molecule has 156 valence electrons. The Hall–Kier alpha value is -2.13. The van der Waals surface area contributed by atoms with E-state index in [2.05, 4.69) is 5.32 Å². The minimum atomic E-state index is -3.52. The Bertz CT molecular complexity index is 972. The van der Waals surface area contributed by atoms with Gasteiger partial charge in [0.2, 0.25) is 15.9 Å². The molecule has 1 heterocycles. The van der Waals surface area contributed by atoms with Gasteiger partial charge in [-0.25, -0.2) is 8.42 Å². The van der Waals surface area contributed by atoms with Crippen LogP contribution in [0.2, 0.25) is 5.02 Å². The number of amides is 1. The molecule has 7 nitrogen and oxygen atoms in total.